The molecule has 0 saturated heterocycles. The average Bonchev–Trinajstić information content (AvgIpc) is 3.45. The first-order chi connectivity index (χ1) is 39.0. The molecule has 0 radical (unpaired) electrons. The molecule has 6 heteroatoms. The van der Waals surface area contributed by atoms with Gasteiger partial charge in [0.2, 0.25) is 0 Å². The van der Waals surface area contributed by atoms with Gasteiger partial charge in [-0.05, 0) is 135 Å². The molecule has 0 rings (SSSR count). The zero-order chi connectivity index (χ0) is 57.1. The SMILES string of the molecule is CC/C=C\C/C=C\C/C=C\C/C=C\C/C=C\C/C=C\C/C=C\C/C=C\CCCCCCCCC(=O)OCC(COC(=O)CCCCCCC/C=C\CCCC)OC(=O)CCCCCCCCCCC/C=C\C/C=C\CCCCC. The number of carbonyl (C=O) groups is 3. The van der Waals surface area contributed by atoms with Gasteiger partial charge in [-0.1, -0.05) is 270 Å². The van der Waals surface area contributed by atoms with Crippen LogP contribution in [0.15, 0.2) is 134 Å². The fourth-order valence-electron chi connectivity index (χ4n) is 8.70. The Hall–Kier alpha value is -4.45. The summed E-state index contributed by atoms with van der Waals surface area (Å²) in [7, 11) is 0. The first kappa shape index (κ1) is 74.5. The zero-order valence-electron chi connectivity index (χ0n) is 51.3. The largest absolute Gasteiger partial charge is 0.462 e. The molecule has 0 saturated carbocycles. The second kappa shape index (κ2) is 66.1. The Morgan fingerprint density at radius 2 is 0.506 bits per heavy atom. The van der Waals surface area contributed by atoms with E-state index in [9.17, 15) is 14.4 Å². The van der Waals surface area contributed by atoms with Gasteiger partial charge in [-0.2, -0.15) is 0 Å². The van der Waals surface area contributed by atoms with E-state index in [1.54, 1.807) is 0 Å². The van der Waals surface area contributed by atoms with Gasteiger partial charge in [0, 0.05) is 19.3 Å². The summed E-state index contributed by atoms with van der Waals surface area (Å²) >= 11 is 0. The molecule has 0 aliphatic rings. The maximum atomic E-state index is 12.9. The van der Waals surface area contributed by atoms with Crippen LogP contribution in [-0.4, -0.2) is 37.2 Å². The minimum absolute atomic E-state index is 0.0913. The predicted molar refractivity (Wildman–Crippen MR) is 343 cm³/mol. The van der Waals surface area contributed by atoms with Gasteiger partial charge in [-0.25, -0.2) is 0 Å². The molecule has 0 aromatic carbocycles. The summed E-state index contributed by atoms with van der Waals surface area (Å²) in [6.45, 7) is 6.45. The molecular weight excluding hydrogens is 973 g/mol. The molecule has 0 heterocycles. The van der Waals surface area contributed by atoms with Gasteiger partial charge in [0.1, 0.15) is 13.2 Å². The molecule has 0 N–H and O–H groups in total. The van der Waals surface area contributed by atoms with Gasteiger partial charge >= 0.3 is 17.9 Å². The summed E-state index contributed by atoms with van der Waals surface area (Å²) in [5, 5.41) is 0. The Morgan fingerprint density at radius 3 is 0.823 bits per heavy atom. The van der Waals surface area contributed by atoms with Gasteiger partial charge < -0.3 is 14.2 Å². The normalized spacial score (nSPS) is 13.0. The van der Waals surface area contributed by atoms with Crippen molar-refractivity contribution in [3.05, 3.63) is 134 Å². The number of hydrogen-bond donors (Lipinski definition) is 0. The van der Waals surface area contributed by atoms with E-state index in [1.165, 1.54) is 109 Å². The molecule has 0 aromatic heterocycles. The Labute approximate surface area is 487 Å². The maximum absolute atomic E-state index is 12.9. The second-order valence-electron chi connectivity index (χ2n) is 21.3. The molecule has 1 unspecified atom stereocenters. The Morgan fingerprint density at radius 1 is 0.266 bits per heavy atom. The van der Waals surface area contributed by atoms with Gasteiger partial charge in [-0.3, -0.25) is 14.4 Å². The van der Waals surface area contributed by atoms with Crippen LogP contribution in [0.5, 0.6) is 0 Å². The van der Waals surface area contributed by atoms with Crippen molar-refractivity contribution in [1.82, 2.24) is 0 Å². The number of rotatable bonds is 58. The molecule has 0 fully saturated rings. The van der Waals surface area contributed by atoms with E-state index in [2.05, 4.69) is 154 Å². The number of ether oxygens (including phenoxy) is 3. The third kappa shape index (κ3) is 64.3. The minimum atomic E-state index is -0.795. The lowest BCUT2D eigenvalue weighted by atomic mass is 10.1. The highest BCUT2D eigenvalue weighted by molar-refractivity contribution is 5.71. The number of allylic oxidation sites excluding steroid dienone is 22. The van der Waals surface area contributed by atoms with Crippen molar-refractivity contribution in [2.24, 2.45) is 0 Å². The quantitative estimate of drug-likeness (QED) is 0.0261. The van der Waals surface area contributed by atoms with E-state index in [0.717, 1.165) is 141 Å². The summed E-state index contributed by atoms with van der Waals surface area (Å²) in [5.41, 5.74) is 0. The van der Waals surface area contributed by atoms with Crippen LogP contribution in [0.25, 0.3) is 0 Å². The monoisotopic (exact) mass is 1090 g/mol. The number of unbranched alkanes of at least 4 members (excludes halogenated alkanes) is 25. The smallest absolute Gasteiger partial charge is 0.306 e. The molecule has 1 atom stereocenters. The molecule has 0 aliphatic heterocycles. The standard InChI is InChI=1S/C73H120O6/c1-4-7-10-13-16-19-22-24-26-28-30-31-32-33-34-35-36-37-38-39-40-41-43-44-46-48-51-54-57-60-63-66-72(75)78-69-70(68-77-71(74)65-62-59-56-53-50-21-18-15-12-9-6-3)79-73(76)67-64-61-58-55-52-49-47-45-42-29-27-25-23-20-17-14-11-8-5-2/h7,10,15-20,24-27,30-31,33-34,36-37,39-40,43-44,70H,4-6,8-9,11-14,21-23,28-29,32,35,38,41-42,45-69H2,1-3H3/b10-7-,18-15-,19-16-,20-17-,26-24-,27-25-,31-30-,34-33-,37-36-,40-39-,44-43-. The second-order valence-corrected chi connectivity index (χ2v) is 21.3. The first-order valence-electron chi connectivity index (χ1n) is 32.7. The van der Waals surface area contributed by atoms with Crippen LogP contribution in [0.3, 0.4) is 0 Å². The lowest BCUT2D eigenvalue weighted by molar-refractivity contribution is -0.167. The van der Waals surface area contributed by atoms with Gasteiger partial charge in [-0.15, -0.1) is 0 Å². The van der Waals surface area contributed by atoms with Crippen LogP contribution >= 0.6 is 0 Å². The average molecular weight is 1090 g/mol. The molecule has 0 spiro atoms. The zero-order valence-corrected chi connectivity index (χ0v) is 51.3. The lowest BCUT2D eigenvalue weighted by Crippen LogP contribution is -2.30. The van der Waals surface area contributed by atoms with Crippen molar-refractivity contribution in [2.45, 2.75) is 297 Å². The van der Waals surface area contributed by atoms with Crippen molar-refractivity contribution < 1.29 is 28.6 Å². The van der Waals surface area contributed by atoms with Crippen LogP contribution in [-0.2, 0) is 28.6 Å². The van der Waals surface area contributed by atoms with E-state index in [1.807, 2.05) is 0 Å². The van der Waals surface area contributed by atoms with Crippen LogP contribution < -0.4 is 0 Å². The van der Waals surface area contributed by atoms with Crippen molar-refractivity contribution in [1.29, 1.82) is 0 Å². The summed E-state index contributed by atoms with van der Waals surface area (Å²) < 4.78 is 16.9. The number of hydrogen-bond acceptors (Lipinski definition) is 6. The predicted octanol–water partition coefficient (Wildman–Crippen LogP) is 22.5. The lowest BCUT2D eigenvalue weighted by Gasteiger charge is -2.18. The molecule has 448 valence electrons. The van der Waals surface area contributed by atoms with Gasteiger partial charge in [0.25, 0.3) is 0 Å². The molecule has 0 amide bonds. The first-order valence-corrected chi connectivity index (χ1v) is 32.7. The third-order valence-corrected chi connectivity index (χ3v) is 13.6. The molecular formula is C73H120O6. The number of carbonyl (C=O) groups excluding carboxylic acids is 3. The van der Waals surface area contributed by atoms with Crippen LogP contribution in [0, 0.1) is 0 Å². The van der Waals surface area contributed by atoms with Crippen LogP contribution in [0.1, 0.15) is 290 Å². The van der Waals surface area contributed by atoms with Crippen LogP contribution in [0.4, 0.5) is 0 Å². The van der Waals surface area contributed by atoms with E-state index < -0.39 is 6.10 Å². The fraction of sp³-hybridized carbons (Fsp3) is 0.658. The highest BCUT2D eigenvalue weighted by Crippen LogP contribution is 2.15. The summed E-state index contributed by atoms with van der Waals surface area (Å²) in [5.74, 6) is -0.917. The topological polar surface area (TPSA) is 78.9 Å². The van der Waals surface area contributed by atoms with Gasteiger partial charge in [0.05, 0.1) is 0 Å². The molecule has 0 aromatic rings. The van der Waals surface area contributed by atoms with Crippen molar-refractivity contribution in [3.63, 3.8) is 0 Å². The van der Waals surface area contributed by atoms with E-state index in [4.69, 9.17) is 14.2 Å². The molecule has 79 heavy (non-hydrogen) atoms. The number of esters is 3. The van der Waals surface area contributed by atoms with E-state index >= 15 is 0 Å². The Bertz CT molecular complexity index is 1680. The molecule has 0 aliphatic carbocycles. The van der Waals surface area contributed by atoms with Crippen LogP contribution in [0.2, 0.25) is 0 Å². The summed E-state index contributed by atoms with van der Waals surface area (Å²) in [6, 6.07) is 0. The highest BCUT2D eigenvalue weighted by atomic mass is 16.6. The summed E-state index contributed by atoms with van der Waals surface area (Å²) in [6.07, 6.45) is 93.2. The van der Waals surface area contributed by atoms with E-state index in [-0.39, 0.29) is 31.1 Å². The van der Waals surface area contributed by atoms with Crippen molar-refractivity contribution >= 4 is 17.9 Å². The minimum Gasteiger partial charge on any atom is -0.462 e. The molecule has 6 nitrogen and oxygen atoms in total. The Balaban J connectivity index is 4.31. The van der Waals surface area contributed by atoms with Crippen molar-refractivity contribution in [2.75, 3.05) is 13.2 Å². The maximum Gasteiger partial charge on any atom is 0.306 e. The fourth-order valence-corrected chi connectivity index (χ4v) is 8.70. The highest BCUT2D eigenvalue weighted by Gasteiger charge is 2.19. The van der Waals surface area contributed by atoms with E-state index in [0.29, 0.717) is 19.3 Å². The third-order valence-electron chi connectivity index (χ3n) is 13.6. The van der Waals surface area contributed by atoms with Gasteiger partial charge in [0.15, 0.2) is 6.10 Å². The van der Waals surface area contributed by atoms with Crippen molar-refractivity contribution in [3.8, 4) is 0 Å². The molecule has 0 bridgehead atoms. The summed E-state index contributed by atoms with van der Waals surface area (Å²) in [4.78, 5) is 38.3. The Kier molecular flexibility index (Phi) is 62.3.